The van der Waals surface area contributed by atoms with Gasteiger partial charge >= 0.3 is 0 Å². The molecule has 0 saturated carbocycles. The summed E-state index contributed by atoms with van der Waals surface area (Å²) in [6.07, 6.45) is 1.84. The third-order valence-corrected chi connectivity index (χ3v) is 2.25. The molecule has 3 nitrogen and oxygen atoms in total. The van der Waals surface area contributed by atoms with E-state index in [-0.39, 0.29) is 5.41 Å². The first-order valence-corrected chi connectivity index (χ1v) is 5.08. The summed E-state index contributed by atoms with van der Waals surface area (Å²) < 4.78 is 0. The fourth-order valence-corrected chi connectivity index (χ4v) is 1.37. The fraction of sp³-hybridized carbons (Fsp3) is 0.417. The van der Waals surface area contributed by atoms with Gasteiger partial charge in [0.2, 0.25) is 0 Å². The zero-order chi connectivity index (χ0) is 11.1. The second-order valence-corrected chi connectivity index (χ2v) is 4.81. The van der Waals surface area contributed by atoms with Crippen molar-refractivity contribution < 1.29 is 0 Å². The largest absolute Gasteiger partial charge is 0.240 e. The summed E-state index contributed by atoms with van der Waals surface area (Å²) in [4.78, 5) is 13.2. The maximum Gasteiger partial charge on any atom is 0.163 e. The topological polar surface area (TPSA) is 38.7 Å². The summed E-state index contributed by atoms with van der Waals surface area (Å²) in [6, 6.07) is 3.98. The van der Waals surface area contributed by atoms with Crippen LogP contribution in [0.5, 0.6) is 0 Å². The van der Waals surface area contributed by atoms with Crippen molar-refractivity contribution in [2.24, 2.45) is 0 Å². The van der Waals surface area contributed by atoms with Gasteiger partial charge in [-0.25, -0.2) is 15.0 Å². The summed E-state index contributed by atoms with van der Waals surface area (Å²) in [5.41, 5.74) is 1.75. The molecule has 2 aromatic rings. The standard InChI is InChI=1S/C12H15N3/c1-8-5-6-9-7-13-11(12(2,3)4)15-10(9)14-8/h5-7H,1-4H3. The molecular weight excluding hydrogens is 186 g/mol. The van der Waals surface area contributed by atoms with Gasteiger partial charge in [0.15, 0.2) is 5.65 Å². The van der Waals surface area contributed by atoms with Gasteiger partial charge in [0.05, 0.1) is 0 Å². The Balaban J connectivity index is 2.64. The van der Waals surface area contributed by atoms with Crippen LogP contribution < -0.4 is 0 Å². The van der Waals surface area contributed by atoms with Gasteiger partial charge in [-0.3, -0.25) is 0 Å². The van der Waals surface area contributed by atoms with Crippen molar-refractivity contribution in [1.29, 1.82) is 0 Å². The van der Waals surface area contributed by atoms with Crippen molar-refractivity contribution in [3.8, 4) is 0 Å². The van der Waals surface area contributed by atoms with Crippen LogP contribution >= 0.6 is 0 Å². The van der Waals surface area contributed by atoms with E-state index in [1.807, 2.05) is 25.3 Å². The molecule has 0 aliphatic carbocycles. The highest BCUT2D eigenvalue weighted by Gasteiger charge is 2.17. The van der Waals surface area contributed by atoms with Crippen LogP contribution in [0.15, 0.2) is 18.3 Å². The number of aryl methyl sites for hydroxylation is 1. The average molecular weight is 201 g/mol. The Morgan fingerprint density at radius 1 is 1.07 bits per heavy atom. The van der Waals surface area contributed by atoms with Crippen LogP contribution in [0.4, 0.5) is 0 Å². The molecule has 78 valence electrons. The molecule has 2 aromatic heterocycles. The molecule has 0 aromatic carbocycles. The molecule has 0 fully saturated rings. The lowest BCUT2D eigenvalue weighted by molar-refractivity contribution is 0.547. The van der Waals surface area contributed by atoms with E-state index in [0.29, 0.717) is 0 Å². The minimum atomic E-state index is -0.0282. The molecule has 0 saturated heterocycles. The van der Waals surface area contributed by atoms with E-state index >= 15 is 0 Å². The maximum absolute atomic E-state index is 4.49. The van der Waals surface area contributed by atoms with Gasteiger partial charge in [-0.05, 0) is 19.1 Å². The minimum Gasteiger partial charge on any atom is -0.240 e. The van der Waals surface area contributed by atoms with Crippen LogP contribution in [-0.2, 0) is 5.41 Å². The molecule has 2 heterocycles. The van der Waals surface area contributed by atoms with E-state index < -0.39 is 0 Å². The van der Waals surface area contributed by atoms with Crippen molar-refractivity contribution in [2.75, 3.05) is 0 Å². The Labute approximate surface area is 89.6 Å². The first-order valence-electron chi connectivity index (χ1n) is 5.08. The second-order valence-electron chi connectivity index (χ2n) is 4.81. The summed E-state index contributed by atoms with van der Waals surface area (Å²) in [5.74, 6) is 0.841. The van der Waals surface area contributed by atoms with Gasteiger partial charge in [0.1, 0.15) is 5.82 Å². The SMILES string of the molecule is Cc1ccc2cnc(C(C)(C)C)nc2n1. The van der Waals surface area contributed by atoms with Gasteiger partial charge in [0, 0.05) is 22.7 Å². The van der Waals surface area contributed by atoms with E-state index in [2.05, 4.69) is 35.7 Å². The van der Waals surface area contributed by atoms with Gasteiger partial charge in [0.25, 0.3) is 0 Å². The Hall–Kier alpha value is -1.51. The van der Waals surface area contributed by atoms with Gasteiger partial charge in [-0.2, -0.15) is 0 Å². The summed E-state index contributed by atoms with van der Waals surface area (Å²) in [6.45, 7) is 8.27. The molecule has 0 amide bonds. The van der Waals surface area contributed by atoms with E-state index in [1.165, 1.54) is 0 Å². The van der Waals surface area contributed by atoms with Crippen molar-refractivity contribution >= 4 is 11.0 Å². The molecule has 0 atom stereocenters. The number of hydrogen-bond donors (Lipinski definition) is 0. The Bertz CT molecular complexity index is 498. The molecule has 2 rings (SSSR count). The molecule has 0 unspecified atom stereocenters. The van der Waals surface area contributed by atoms with Crippen molar-refractivity contribution in [3.63, 3.8) is 0 Å². The monoisotopic (exact) mass is 201 g/mol. The van der Waals surface area contributed by atoms with Gasteiger partial charge < -0.3 is 0 Å². The minimum absolute atomic E-state index is 0.0282. The number of rotatable bonds is 0. The second kappa shape index (κ2) is 3.26. The highest BCUT2D eigenvalue weighted by atomic mass is 14.9. The van der Waals surface area contributed by atoms with Crippen molar-refractivity contribution in [3.05, 3.63) is 29.8 Å². The molecule has 0 radical (unpaired) electrons. The molecule has 0 bridgehead atoms. The van der Waals surface area contributed by atoms with Gasteiger partial charge in [-0.15, -0.1) is 0 Å². The molecule has 0 aliphatic heterocycles. The number of pyridine rings is 1. The van der Waals surface area contributed by atoms with Crippen LogP contribution in [0.25, 0.3) is 11.0 Å². The lowest BCUT2D eigenvalue weighted by atomic mass is 9.96. The molecular formula is C12H15N3. The summed E-state index contributed by atoms with van der Waals surface area (Å²) in [7, 11) is 0. The lowest BCUT2D eigenvalue weighted by Crippen LogP contribution is -2.15. The van der Waals surface area contributed by atoms with E-state index in [0.717, 1.165) is 22.6 Å². The molecule has 0 aliphatic rings. The van der Waals surface area contributed by atoms with Crippen molar-refractivity contribution in [1.82, 2.24) is 15.0 Å². The summed E-state index contributed by atoms with van der Waals surface area (Å²) in [5, 5.41) is 0.994. The lowest BCUT2D eigenvalue weighted by Gasteiger charge is -2.16. The van der Waals surface area contributed by atoms with Crippen LogP contribution in [0.3, 0.4) is 0 Å². The van der Waals surface area contributed by atoms with Gasteiger partial charge in [-0.1, -0.05) is 20.8 Å². The highest BCUT2D eigenvalue weighted by molar-refractivity contribution is 5.73. The summed E-state index contributed by atoms with van der Waals surface area (Å²) >= 11 is 0. The van der Waals surface area contributed by atoms with Crippen LogP contribution in [0, 0.1) is 6.92 Å². The van der Waals surface area contributed by atoms with Crippen LogP contribution in [-0.4, -0.2) is 15.0 Å². The predicted molar refractivity (Wildman–Crippen MR) is 60.8 cm³/mol. The zero-order valence-electron chi connectivity index (χ0n) is 9.57. The average Bonchev–Trinajstić information content (AvgIpc) is 2.15. The third kappa shape index (κ3) is 1.96. The third-order valence-electron chi connectivity index (χ3n) is 2.25. The number of nitrogens with zero attached hydrogens (tertiary/aromatic N) is 3. The predicted octanol–water partition coefficient (Wildman–Crippen LogP) is 2.63. The fourth-order valence-electron chi connectivity index (χ4n) is 1.37. The molecule has 0 N–H and O–H groups in total. The normalized spacial score (nSPS) is 12.0. The quantitative estimate of drug-likeness (QED) is 0.657. The first-order chi connectivity index (χ1) is 6.97. The number of hydrogen-bond acceptors (Lipinski definition) is 3. The van der Waals surface area contributed by atoms with Crippen LogP contribution in [0.1, 0.15) is 32.3 Å². The van der Waals surface area contributed by atoms with Crippen LogP contribution in [0.2, 0.25) is 0 Å². The Morgan fingerprint density at radius 3 is 2.47 bits per heavy atom. The molecule has 0 spiro atoms. The first kappa shape index (κ1) is 10.0. The zero-order valence-corrected chi connectivity index (χ0v) is 9.57. The Kier molecular flexibility index (Phi) is 2.18. The van der Waals surface area contributed by atoms with E-state index in [9.17, 15) is 0 Å². The van der Waals surface area contributed by atoms with E-state index in [1.54, 1.807) is 0 Å². The highest BCUT2D eigenvalue weighted by Crippen LogP contribution is 2.19. The number of fused-ring (bicyclic) bond motifs is 1. The van der Waals surface area contributed by atoms with E-state index in [4.69, 9.17) is 0 Å². The Morgan fingerprint density at radius 2 is 1.80 bits per heavy atom. The maximum atomic E-state index is 4.49. The number of aromatic nitrogens is 3. The smallest absolute Gasteiger partial charge is 0.163 e. The van der Waals surface area contributed by atoms with Crippen molar-refractivity contribution in [2.45, 2.75) is 33.1 Å². The molecule has 15 heavy (non-hydrogen) atoms. The molecule has 3 heteroatoms.